The van der Waals surface area contributed by atoms with Gasteiger partial charge in [-0.25, -0.2) is 0 Å². The van der Waals surface area contributed by atoms with Gasteiger partial charge in [0.1, 0.15) is 6.07 Å². The molecule has 7 heteroatoms. The lowest BCUT2D eigenvalue weighted by Crippen LogP contribution is -2.05. The largest absolute Gasteiger partial charge is 0.493 e. The van der Waals surface area contributed by atoms with Crippen LogP contribution in [0.15, 0.2) is 22.6 Å². The number of benzene rings is 1. The fourth-order valence-corrected chi connectivity index (χ4v) is 2.25. The zero-order chi connectivity index (χ0) is 18.8. The van der Waals surface area contributed by atoms with Crippen LogP contribution >= 0.6 is 0 Å². The number of nitrogens with zero attached hydrogens (tertiary/aromatic N) is 2. The quantitative estimate of drug-likeness (QED) is 0.650. The molecule has 7 nitrogen and oxygen atoms in total. The van der Waals surface area contributed by atoms with Gasteiger partial charge in [-0.2, -0.15) is 10.2 Å². The predicted molar refractivity (Wildman–Crippen MR) is 99.3 cm³/mol. The summed E-state index contributed by atoms with van der Waals surface area (Å²) >= 11 is 0. The Balaban J connectivity index is 2.05. The maximum atomic E-state index is 9.19. The first-order chi connectivity index (χ1) is 12.7. The molecule has 2 rings (SSSR count). The molecule has 0 unspecified atom stereocenters. The van der Waals surface area contributed by atoms with Gasteiger partial charge in [0.15, 0.2) is 11.5 Å². The van der Waals surface area contributed by atoms with Crippen LogP contribution in [-0.4, -0.2) is 39.0 Å². The minimum absolute atomic E-state index is 0.230. The van der Waals surface area contributed by atoms with Gasteiger partial charge in [-0.15, -0.1) is 0 Å². The number of ether oxygens (including phenoxy) is 3. The summed E-state index contributed by atoms with van der Waals surface area (Å²) in [5.41, 5.74) is 1.12. The Labute approximate surface area is 153 Å². The zero-order valence-electron chi connectivity index (χ0n) is 15.2. The number of hydrogen-bond donors (Lipinski definition) is 1. The molecule has 1 aromatic heterocycles. The molecule has 0 aliphatic rings. The highest BCUT2D eigenvalue weighted by Crippen LogP contribution is 2.28. The van der Waals surface area contributed by atoms with Crippen LogP contribution in [0.4, 0.5) is 5.88 Å². The van der Waals surface area contributed by atoms with Gasteiger partial charge in [-0.3, -0.25) is 0 Å². The van der Waals surface area contributed by atoms with Crippen LogP contribution in [0, 0.1) is 11.3 Å². The number of methoxy groups -OCH3 is 2. The van der Waals surface area contributed by atoms with Crippen molar-refractivity contribution in [2.24, 2.45) is 0 Å². The number of aromatic nitrogens is 1. The smallest absolute Gasteiger partial charge is 0.232 e. The van der Waals surface area contributed by atoms with E-state index in [1.165, 1.54) is 0 Å². The van der Waals surface area contributed by atoms with Crippen molar-refractivity contribution in [1.29, 1.82) is 5.26 Å². The molecule has 2 aromatic rings. The molecule has 0 amide bonds. The summed E-state index contributed by atoms with van der Waals surface area (Å²) in [6.07, 6.45) is 4.34. The maximum Gasteiger partial charge on any atom is 0.232 e. The van der Waals surface area contributed by atoms with Crippen molar-refractivity contribution in [2.45, 2.75) is 13.3 Å². The van der Waals surface area contributed by atoms with E-state index in [1.54, 1.807) is 20.3 Å². The molecule has 138 valence electrons. The van der Waals surface area contributed by atoms with Crippen LogP contribution in [0.1, 0.15) is 30.5 Å². The predicted octanol–water partition coefficient (Wildman–Crippen LogP) is 3.57. The molecule has 0 fully saturated rings. The molecule has 0 saturated heterocycles. The third-order valence-electron chi connectivity index (χ3n) is 3.53. The Bertz CT molecular complexity index is 778. The van der Waals surface area contributed by atoms with Gasteiger partial charge in [0, 0.05) is 25.8 Å². The lowest BCUT2D eigenvalue weighted by molar-refractivity contribution is 0.147. The SMILES string of the molecule is CCOCCCNc1oc(/C=C/c2ccc(OC)c(OC)c2)nc1C#N. The molecule has 0 spiro atoms. The van der Waals surface area contributed by atoms with Crippen molar-refractivity contribution < 1.29 is 18.6 Å². The first-order valence-electron chi connectivity index (χ1n) is 8.34. The number of hydrogen-bond acceptors (Lipinski definition) is 7. The minimum Gasteiger partial charge on any atom is -0.493 e. The number of oxazole rings is 1. The van der Waals surface area contributed by atoms with Crippen molar-refractivity contribution in [3.63, 3.8) is 0 Å². The van der Waals surface area contributed by atoms with E-state index in [1.807, 2.05) is 37.3 Å². The number of nitriles is 1. The van der Waals surface area contributed by atoms with Crippen LogP contribution in [-0.2, 0) is 4.74 Å². The van der Waals surface area contributed by atoms with Crippen molar-refractivity contribution >= 4 is 18.0 Å². The average Bonchev–Trinajstić information content (AvgIpc) is 3.08. The number of nitrogens with one attached hydrogen (secondary N) is 1. The number of rotatable bonds is 10. The molecule has 0 atom stereocenters. The van der Waals surface area contributed by atoms with E-state index in [9.17, 15) is 5.26 Å². The highest BCUT2D eigenvalue weighted by atomic mass is 16.5. The molecule has 1 N–H and O–H groups in total. The summed E-state index contributed by atoms with van der Waals surface area (Å²) < 4.78 is 21.4. The molecule has 0 radical (unpaired) electrons. The van der Waals surface area contributed by atoms with Crippen molar-refractivity contribution in [3.05, 3.63) is 35.3 Å². The van der Waals surface area contributed by atoms with Crippen molar-refractivity contribution in [3.8, 4) is 17.6 Å². The van der Waals surface area contributed by atoms with Crippen molar-refractivity contribution in [2.75, 3.05) is 39.3 Å². The summed E-state index contributed by atoms with van der Waals surface area (Å²) in [5, 5.41) is 12.3. The average molecular weight is 357 g/mol. The van der Waals surface area contributed by atoms with Crippen LogP contribution in [0.3, 0.4) is 0 Å². The van der Waals surface area contributed by atoms with E-state index in [4.69, 9.17) is 18.6 Å². The first-order valence-corrected chi connectivity index (χ1v) is 8.34. The Morgan fingerprint density at radius 2 is 2.04 bits per heavy atom. The van der Waals surface area contributed by atoms with Crippen LogP contribution in [0.5, 0.6) is 11.5 Å². The Kier molecular flexibility index (Phi) is 7.52. The van der Waals surface area contributed by atoms with E-state index >= 15 is 0 Å². The molecule has 0 bridgehead atoms. The second-order valence-electron chi connectivity index (χ2n) is 5.27. The standard InChI is InChI=1S/C19H23N3O4/c1-4-25-11-5-10-21-19-15(13-20)22-18(26-19)9-7-14-6-8-16(23-2)17(12-14)24-3/h6-9,12,21H,4-5,10-11H2,1-3H3/b9-7+. The van der Waals surface area contributed by atoms with Gasteiger partial charge in [0.05, 0.1) is 14.2 Å². The monoisotopic (exact) mass is 357 g/mol. The third kappa shape index (κ3) is 5.26. The summed E-state index contributed by atoms with van der Waals surface area (Å²) in [7, 11) is 3.18. The van der Waals surface area contributed by atoms with Crippen molar-refractivity contribution in [1.82, 2.24) is 4.98 Å². The normalized spacial score (nSPS) is 10.7. The molecule has 0 aliphatic carbocycles. The summed E-state index contributed by atoms with van der Waals surface area (Å²) in [5.74, 6) is 2.02. The third-order valence-corrected chi connectivity index (χ3v) is 3.53. The second kappa shape index (κ2) is 10.1. The fourth-order valence-electron chi connectivity index (χ4n) is 2.25. The topological polar surface area (TPSA) is 89.5 Å². The Morgan fingerprint density at radius 3 is 2.73 bits per heavy atom. The van der Waals surface area contributed by atoms with E-state index in [0.29, 0.717) is 43.0 Å². The lowest BCUT2D eigenvalue weighted by Gasteiger charge is -2.07. The van der Waals surface area contributed by atoms with Gasteiger partial charge >= 0.3 is 0 Å². The molecule has 1 heterocycles. The van der Waals surface area contributed by atoms with E-state index < -0.39 is 0 Å². The first kappa shape index (κ1) is 19.3. The lowest BCUT2D eigenvalue weighted by atomic mass is 10.2. The molecule has 0 saturated carbocycles. The van der Waals surface area contributed by atoms with Gasteiger partial charge in [-0.05, 0) is 37.1 Å². The second-order valence-corrected chi connectivity index (χ2v) is 5.27. The van der Waals surface area contributed by atoms with Gasteiger partial charge in [0.25, 0.3) is 0 Å². The maximum absolute atomic E-state index is 9.19. The zero-order valence-corrected chi connectivity index (χ0v) is 15.2. The van der Waals surface area contributed by atoms with Gasteiger partial charge < -0.3 is 23.9 Å². The molecule has 0 aliphatic heterocycles. The fraction of sp³-hybridized carbons (Fsp3) is 0.368. The highest BCUT2D eigenvalue weighted by Gasteiger charge is 2.11. The van der Waals surface area contributed by atoms with Crippen LogP contribution < -0.4 is 14.8 Å². The molecular formula is C19H23N3O4. The van der Waals surface area contributed by atoms with Gasteiger partial charge in [0.2, 0.25) is 17.5 Å². The molecular weight excluding hydrogens is 334 g/mol. The summed E-state index contributed by atoms with van der Waals surface area (Å²) in [4.78, 5) is 4.17. The van der Waals surface area contributed by atoms with E-state index in [2.05, 4.69) is 10.3 Å². The van der Waals surface area contributed by atoms with E-state index in [0.717, 1.165) is 12.0 Å². The Hall–Kier alpha value is -2.98. The number of anilines is 1. The van der Waals surface area contributed by atoms with Crippen LogP contribution in [0.25, 0.3) is 12.2 Å². The molecule has 26 heavy (non-hydrogen) atoms. The minimum atomic E-state index is 0.230. The summed E-state index contributed by atoms with van der Waals surface area (Å²) in [6, 6.07) is 7.58. The highest BCUT2D eigenvalue weighted by molar-refractivity contribution is 5.68. The summed E-state index contributed by atoms with van der Waals surface area (Å²) in [6.45, 7) is 3.94. The molecule has 1 aromatic carbocycles. The van der Waals surface area contributed by atoms with Crippen LogP contribution in [0.2, 0.25) is 0 Å². The Morgan fingerprint density at radius 1 is 1.23 bits per heavy atom. The van der Waals surface area contributed by atoms with Gasteiger partial charge in [-0.1, -0.05) is 6.07 Å². The van der Waals surface area contributed by atoms with E-state index in [-0.39, 0.29) is 5.69 Å².